The number of carboxylic acids is 2. The smallest absolute Gasteiger partial charge is 0.323 e. The zero-order valence-electron chi connectivity index (χ0n) is 30.7. The van der Waals surface area contributed by atoms with Crippen molar-refractivity contribution in [3.05, 3.63) is 108 Å². The van der Waals surface area contributed by atoms with Gasteiger partial charge in [-0.2, -0.15) is 27.1 Å². The van der Waals surface area contributed by atoms with Gasteiger partial charge in [-0.1, -0.05) is 24.3 Å². The van der Waals surface area contributed by atoms with E-state index in [0.29, 0.717) is 11.1 Å². The number of hydrogen-bond acceptors (Lipinski definition) is 13. The van der Waals surface area contributed by atoms with Crippen LogP contribution in [-0.2, 0) is 42.7 Å². The van der Waals surface area contributed by atoms with Crippen molar-refractivity contribution in [2.45, 2.75) is 35.5 Å². The van der Waals surface area contributed by atoms with Crippen molar-refractivity contribution in [1.29, 1.82) is 0 Å². The highest BCUT2D eigenvalue weighted by Gasteiger charge is 2.24. The standard InChI is InChI=1S/C39H32N6O13S2/c46-33(47)15-5-21-1-7-25(8-2-21)42-44-35-31(59(53,54)55)19-23-17-27(11-13-29(23)37(35)50)40-39(52)41-28-12-14-30-24(18-28)20-32(60(56,57)58)36(38(30)51)45-43-26-9-3-22(4-10-26)6-16-34(48)49/h1-4,7-14,17-20,50-51H,5-6,15-16H2,(H,46,47)(H,48,49)(H2,40,41,52)(H,53,54,55)(H,56,57,58). The van der Waals surface area contributed by atoms with E-state index >= 15 is 0 Å². The average molecular weight is 857 g/mol. The minimum absolute atomic E-state index is 0.0688. The van der Waals surface area contributed by atoms with Gasteiger partial charge in [-0.05, 0) is 108 Å². The number of aliphatic carboxylic acids is 2. The van der Waals surface area contributed by atoms with E-state index < -0.39 is 70.9 Å². The van der Waals surface area contributed by atoms with Crippen LogP contribution in [0.4, 0.5) is 38.9 Å². The fraction of sp³-hybridized carbons (Fsp3) is 0.103. The van der Waals surface area contributed by atoms with Crippen LogP contribution in [0, 0.1) is 0 Å². The Morgan fingerprint density at radius 3 is 1.22 bits per heavy atom. The molecule has 0 aliphatic rings. The third-order valence-corrected chi connectivity index (χ3v) is 10.6. The van der Waals surface area contributed by atoms with Crippen LogP contribution in [0.15, 0.2) is 127 Å². The number of aromatic hydroxyl groups is 2. The number of anilines is 2. The lowest BCUT2D eigenvalue weighted by Crippen LogP contribution is -2.19. The number of carboxylic acid groups (broad SMARTS) is 2. The Balaban J connectivity index is 1.21. The summed E-state index contributed by atoms with van der Waals surface area (Å²) in [7, 11) is -9.95. The summed E-state index contributed by atoms with van der Waals surface area (Å²) in [4.78, 5) is 33.2. The van der Waals surface area contributed by atoms with Crippen molar-refractivity contribution < 1.29 is 60.8 Å². The number of nitrogens with zero attached hydrogens (tertiary/aromatic N) is 4. The molecule has 6 aromatic rings. The number of rotatable bonds is 14. The van der Waals surface area contributed by atoms with E-state index in [2.05, 4.69) is 31.1 Å². The molecule has 0 heterocycles. The first-order chi connectivity index (χ1) is 28.3. The van der Waals surface area contributed by atoms with Gasteiger partial charge in [-0.25, -0.2) is 4.79 Å². The number of carbonyl (C=O) groups excluding carboxylic acids is 1. The number of hydrogen-bond donors (Lipinski definition) is 8. The summed E-state index contributed by atoms with van der Waals surface area (Å²) in [5.41, 5.74) is 0.992. The van der Waals surface area contributed by atoms with Gasteiger partial charge < -0.3 is 31.1 Å². The molecule has 0 unspecified atom stereocenters. The van der Waals surface area contributed by atoms with Gasteiger partial charge in [0.25, 0.3) is 20.2 Å². The van der Waals surface area contributed by atoms with Crippen molar-refractivity contribution in [2.75, 3.05) is 10.6 Å². The Labute approximate surface area is 339 Å². The first-order valence-corrected chi connectivity index (χ1v) is 20.3. The summed E-state index contributed by atoms with van der Waals surface area (Å²) in [6.07, 6.45) is 0.382. The SMILES string of the molecule is O=C(O)CCc1ccc(N=Nc2c(S(=O)(=O)O)cc3cc(NC(=O)Nc4ccc5c(O)c(N=Nc6ccc(CCC(=O)O)cc6)c(S(=O)(=O)O)cc5c4)ccc3c2O)cc1. The van der Waals surface area contributed by atoms with E-state index in [1.807, 2.05) is 0 Å². The fourth-order valence-corrected chi connectivity index (χ4v) is 7.23. The second kappa shape index (κ2) is 17.3. The van der Waals surface area contributed by atoms with E-state index in [9.17, 15) is 50.5 Å². The first-order valence-electron chi connectivity index (χ1n) is 17.4. The number of carbonyl (C=O) groups is 3. The molecule has 60 heavy (non-hydrogen) atoms. The number of phenolic OH excluding ortho intramolecular Hbond substituents is 2. The molecule has 6 rings (SSSR count). The van der Waals surface area contributed by atoms with E-state index in [1.165, 1.54) is 60.7 Å². The molecule has 0 aromatic heterocycles. The Hall–Kier alpha value is -7.33. The highest BCUT2D eigenvalue weighted by atomic mass is 32.2. The number of phenols is 2. The minimum atomic E-state index is -4.98. The van der Waals surface area contributed by atoms with E-state index in [0.717, 1.165) is 12.1 Å². The maximum absolute atomic E-state index is 13.1. The van der Waals surface area contributed by atoms with Crippen LogP contribution in [0.5, 0.6) is 11.5 Å². The van der Waals surface area contributed by atoms with Crippen LogP contribution in [0.3, 0.4) is 0 Å². The van der Waals surface area contributed by atoms with Crippen molar-refractivity contribution in [3.63, 3.8) is 0 Å². The molecule has 8 N–H and O–H groups in total. The lowest BCUT2D eigenvalue weighted by atomic mass is 10.1. The molecule has 0 fully saturated rings. The number of fused-ring (bicyclic) bond motifs is 2. The summed E-state index contributed by atoms with van der Waals surface area (Å²) in [6, 6.07) is 21.8. The maximum Gasteiger partial charge on any atom is 0.323 e. The van der Waals surface area contributed by atoms with Gasteiger partial charge in [0.05, 0.1) is 11.4 Å². The van der Waals surface area contributed by atoms with Crippen LogP contribution in [0.25, 0.3) is 21.5 Å². The molecule has 0 saturated carbocycles. The molecular weight excluding hydrogens is 825 g/mol. The van der Waals surface area contributed by atoms with Gasteiger partial charge in [0, 0.05) is 35.0 Å². The summed E-state index contributed by atoms with van der Waals surface area (Å²) >= 11 is 0. The molecule has 0 aliphatic heterocycles. The van der Waals surface area contributed by atoms with Crippen molar-refractivity contribution in [2.24, 2.45) is 20.5 Å². The van der Waals surface area contributed by atoms with Crippen LogP contribution < -0.4 is 10.6 Å². The Morgan fingerprint density at radius 1 is 0.517 bits per heavy atom. The van der Waals surface area contributed by atoms with Crippen LogP contribution in [0.2, 0.25) is 0 Å². The predicted octanol–water partition coefficient (Wildman–Crippen LogP) is 8.41. The topological polar surface area (TPSA) is 314 Å². The molecule has 6 aromatic carbocycles. The van der Waals surface area contributed by atoms with Gasteiger partial charge in [-0.3, -0.25) is 18.7 Å². The highest BCUT2D eigenvalue weighted by molar-refractivity contribution is 7.86. The Kier molecular flexibility index (Phi) is 12.2. The molecule has 21 heteroatoms. The summed E-state index contributed by atoms with van der Waals surface area (Å²) in [5, 5.41) is 60.9. The molecule has 2 amide bonds. The van der Waals surface area contributed by atoms with Gasteiger partial charge in [0.1, 0.15) is 21.2 Å². The number of aryl methyl sites for hydroxylation is 2. The summed E-state index contributed by atoms with van der Waals surface area (Å²) in [6.45, 7) is 0. The third-order valence-electron chi connectivity index (χ3n) is 8.83. The van der Waals surface area contributed by atoms with Gasteiger partial charge >= 0.3 is 18.0 Å². The number of urea groups is 1. The molecule has 0 radical (unpaired) electrons. The number of azo groups is 2. The highest BCUT2D eigenvalue weighted by Crippen LogP contribution is 2.43. The molecule has 0 atom stereocenters. The van der Waals surface area contributed by atoms with E-state index in [4.69, 9.17) is 10.2 Å². The predicted molar refractivity (Wildman–Crippen MR) is 217 cm³/mol. The molecule has 0 aliphatic carbocycles. The second-order valence-electron chi connectivity index (χ2n) is 13.1. The lowest BCUT2D eigenvalue weighted by molar-refractivity contribution is -0.138. The number of amides is 2. The zero-order valence-corrected chi connectivity index (χ0v) is 32.3. The molecule has 0 saturated heterocycles. The molecule has 308 valence electrons. The normalized spacial score (nSPS) is 12.0. The second-order valence-corrected chi connectivity index (χ2v) is 15.8. The first kappa shape index (κ1) is 42.3. The molecular formula is C39H32N6O13S2. The molecule has 19 nitrogen and oxygen atoms in total. The van der Waals surface area contributed by atoms with Crippen LogP contribution in [0.1, 0.15) is 24.0 Å². The number of benzene rings is 6. The van der Waals surface area contributed by atoms with Gasteiger partial charge in [-0.15, -0.1) is 10.2 Å². The Morgan fingerprint density at radius 2 is 0.883 bits per heavy atom. The summed E-state index contributed by atoms with van der Waals surface area (Å²) in [5.74, 6) is -3.21. The number of nitrogens with one attached hydrogen (secondary N) is 2. The van der Waals surface area contributed by atoms with Gasteiger partial charge in [0.15, 0.2) is 11.5 Å². The summed E-state index contributed by atoms with van der Waals surface area (Å²) < 4.78 is 69.5. The van der Waals surface area contributed by atoms with Crippen molar-refractivity contribution >= 4 is 93.9 Å². The van der Waals surface area contributed by atoms with E-state index in [-0.39, 0.29) is 70.0 Å². The Bertz CT molecular complexity index is 2770. The van der Waals surface area contributed by atoms with Crippen LogP contribution >= 0.6 is 0 Å². The lowest BCUT2D eigenvalue weighted by Gasteiger charge is -2.13. The van der Waals surface area contributed by atoms with Crippen LogP contribution in [-0.4, -0.2) is 64.3 Å². The van der Waals surface area contributed by atoms with Crippen molar-refractivity contribution in [3.8, 4) is 11.5 Å². The van der Waals surface area contributed by atoms with Gasteiger partial charge in [0.2, 0.25) is 0 Å². The minimum Gasteiger partial charge on any atom is -0.505 e. The fourth-order valence-electron chi connectivity index (χ4n) is 5.92. The maximum atomic E-state index is 13.1. The monoisotopic (exact) mass is 856 g/mol. The molecule has 0 bridgehead atoms. The van der Waals surface area contributed by atoms with Crippen molar-refractivity contribution in [1.82, 2.24) is 0 Å². The average Bonchev–Trinajstić information content (AvgIpc) is 3.18. The third kappa shape index (κ3) is 10.2. The largest absolute Gasteiger partial charge is 0.505 e. The molecule has 0 spiro atoms. The zero-order chi connectivity index (χ0) is 43.4. The quantitative estimate of drug-likeness (QED) is 0.0377. The van der Waals surface area contributed by atoms with E-state index in [1.54, 1.807) is 24.3 Å².